The predicted octanol–water partition coefficient (Wildman–Crippen LogP) is 4.48. The third-order valence-electron chi connectivity index (χ3n) is 3.18. The zero-order chi connectivity index (χ0) is 14.1. The first-order chi connectivity index (χ1) is 9.21. The lowest BCUT2D eigenvalue weighted by molar-refractivity contribution is 0.316. The fraction of sp³-hybridized carbons (Fsp3) is 0.529. The van der Waals surface area contributed by atoms with Gasteiger partial charge in [-0.05, 0) is 43.5 Å². The lowest BCUT2D eigenvalue weighted by atomic mass is 9.98. The number of ether oxygens (including phenoxy) is 1. The molecular weight excluding hydrogens is 234 g/mol. The molecule has 2 nitrogen and oxygen atoms in total. The molecular formula is C17H27NO. The minimum atomic E-state index is 0.336. The maximum atomic E-state index is 5.71. The molecule has 1 unspecified atom stereocenters. The number of hydrogen-bond donors (Lipinski definition) is 1. The molecule has 0 amide bonds. The van der Waals surface area contributed by atoms with Gasteiger partial charge in [-0.1, -0.05) is 45.1 Å². The Balaban J connectivity index is 2.79. The predicted molar refractivity (Wildman–Crippen MR) is 82.7 cm³/mol. The van der Waals surface area contributed by atoms with Crippen LogP contribution in [-0.2, 0) is 0 Å². The van der Waals surface area contributed by atoms with Gasteiger partial charge in [0.2, 0.25) is 0 Å². The normalized spacial score (nSPS) is 12.2. The van der Waals surface area contributed by atoms with Crippen LogP contribution in [0.5, 0.6) is 5.75 Å². The Morgan fingerprint density at radius 1 is 1.32 bits per heavy atom. The first-order valence-electron chi connectivity index (χ1n) is 7.34. The Morgan fingerprint density at radius 3 is 2.74 bits per heavy atom. The summed E-state index contributed by atoms with van der Waals surface area (Å²) in [6.07, 6.45) is 3.06. The van der Waals surface area contributed by atoms with Crippen molar-refractivity contribution in [2.24, 2.45) is 0 Å². The Labute approximate surface area is 117 Å². The lowest BCUT2D eigenvalue weighted by Gasteiger charge is -2.20. The molecule has 0 heterocycles. The van der Waals surface area contributed by atoms with Gasteiger partial charge in [0.25, 0.3) is 0 Å². The van der Waals surface area contributed by atoms with Gasteiger partial charge in [-0.2, -0.15) is 0 Å². The smallest absolute Gasteiger partial charge is 0.119 e. The number of benzene rings is 1. The van der Waals surface area contributed by atoms with Crippen LogP contribution >= 0.6 is 0 Å². The summed E-state index contributed by atoms with van der Waals surface area (Å²) in [5.74, 6) is 0.962. The summed E-state index contributed by atoms with van der Waals surface area (Å²) in [6.45, 7) is 12.3. The summed E-state index contributed by atoms with van der Waals surface area (Å²) in [5, 5.41) is 3.53. The largest absolute Gasteiger partial charge is 0.494 e. The van der Waals surface area contributed by atoms with E-state index in [0.29, 0.717) is 6.04 Å². The second-order valence-corrected chi connectivity index (χ2v) is 4.84. The Morgan fingerprint density at radius 2 is 2.11 bits per heavy atom. The molecule has 1 N–H and O–H groups in total. The maximum Gasteiger partial charge on any atom is 0.119 e. The topological polar surface area (TPSA) is 21.3 Å². The van der Waals surface area contributed by atoms with Gasteiger partial charge in [0.05, 0.1) is 6.61 Å². The monoisotopic (exact) mass is 261 g/mol. The molecule has 0 aromatic heterocycles. The molecule has 1 aromatic rings. The molecule has 19 heavy (non-hydrogen) atoms. The van der Waals surface area contributed by atoms with Crippen molar-refractivity contribution in [3.8, 4) is 5.75 Å². The van der Waals surface area contributed by atoms with Crippen LogP contribution in [0.4, 0.5) is 0 Å². The van der Waals surface area contributed by atoms with Crippen LogP contribution in [-0.4, -0.2) is 13.2 Å². The van der Waals surface area contributed by atoms with Gasteiger partial charge < -0.3 is 10.1 Å². The van der Waals surface area contributed by atoms with Crippen LogP contribution in [0.15, 0.2) is 36.4 Å². The third kappa shape index (κ3) is 5.48. The molecule has 0 spiro atoms. The highest BCUT2D eigenvalue weighted by Gasteiger charge is 2.11. The van der Waals surface area contributed by atoms with Crippen LogP contribution in [0, 0.1) is 0 Å². The van der Waals surface area contributed by atoms with Gasteiger partial charge in [0, 0.05) is 6.04 Å². The highest BCUT2D eigenvalue weighted by atomic mass is 16.5. The molecule has 0 aliphatic carbocycles. The fourth-order valence-electron chi connectivity index (χ4n) is 2.03. The van der Waals surface area contributed by atoms with E-state index in [0.717, 1.165) is 38.2 Å². The van der Waals surface area contributed by atoms with Gasteiger partial charge >= 0.3 is 0 Å². The average Bonchev–Trinajstić information content (AvgIpc) is 2.44. The fourth-order valence-corrected chi connectivity index (χ4v) is 2.03. The van der Waals surface area contributed by atoms with Crippen molar-refractivity contribution in [3.63, 3.8) is 0 Å². The van der Waals surface area contributed by atoms with Crippen molar-refractivity contribution >= 4 is 0 Å². The Hall–Kier alpha value is -1.28. The van der Waals surface area contributed by atoms with Crippen molar-refractivity contribution in [1.82, 2.24) is 5.32 Å². The molecule has 1 aromatic carbocycles. The van der Waals surface area contributed by atoms with Gasteiger partial charge in [-0.15, -0.1) is 0 Å². The maximum absolute atomic E-state index is 5.71. The van der Waals surface area contributed by atoms with Crippen LogP contribution < -0.4 is 10.1 Å². The quantitative estimate of drug-likeness (QED) is 0.662. The van der Waals surface area contributed by atoms with Crippen LogP contribution in [0.2, 0.25) is 0 Å². The second kappa shape index (κ2) is 8.76. The zero-order valence-electron chi connectivity index (χ0n) is 12.5. The van der Waals surface area contributed by atoms with Crippen LogP contribution in [0.1, 0.15) is 51.6 Å². The van der Waals surface area contributed by atoms with E-state index >= 15 is 0 Å². The summed E-state index contributed by atoms with van der Waals surface area (Å²) in [5.41, 5.74) is 2.57. The first-order valence-corrected chi connectivity index (χ1v) is 7.34. The molecule has 0 aliphatic heterocycles. The van der Waals surface area contributed by atoms with E-state index in [4.69, 9.17) is 4.74 Å². The highest BCUT2D eigenvalue weighted by Crippen LogP contribution is 2.25. The van der Waals surface area contributed by atoms with E-state index in [-0.39, 0.29) is 0 Å². The minimum Gasteiger partial charge on any atom is -0.494 e. The van der Waals surface area contributed by atoms with Crippen LogP contribution in [0.3, 0.4) is 0 Å². The standard InChI is InChI=1S/C17H27NO/c1-5-11-19-16-10-8-9-15(13-16)17(18-7-3)12-14(4)6-2/h8-10,13,17-18H,4-7,11-12H2,1-3H3. The molecule has 2 heteroatoms. The van der Waals surface area contributed by atoms with E-state index in [1.807, 2.05) is 6.07 Å². The van der Waals surface area contributed by atoms with E-state index in [1.54, 1.807) is 0 Å². The SMILES string of the molecule is C=C(CC)CC(NCC)c1cccc(OCCC)c1. The van der Waals surface area contributed by atoms with Gasteiger partial charge in [-0.3, -0.25) is 0 Å². The van der Waals surface area contributed by atoms with Crippen LogP contribution in [0.25, 0.3) is 0 Å². The summed E-state index contributed by atoms with van der Waals surface area (Å²) in [6, 6.07) is 8.74. The van der Waals surface area contributed by atoms with Gasteiger partial charge in [0.1, 0.15) is 5.75 Å². The minimum absolute atomic E-state index is 0.336. The molecule has 0 bridgehead atoms. The molecule has 0 aliphatic rings. The number of hydrogen-bond acceptors (Lipinski definition) is 2. The molecule has 0 radical (unpaired) electrons. The molecule has 1 rings (SSSR count). The van der Waals surface area contributed by atoms with E-state index in [1.165, 1.54) is 11.1 Å². The summed E-state index contributed by atoms with van der Waals surface area (Å²) < 4.78 is 5.71. The van der Waals surface area contributed by atoms with E-state index in [9.17, 15) is 0 Å². The molecule has 0 saturated heterocycles. The van der Waals surface area contributed by atoms with E-state index in [2.05, 4.69) is 50.9 Å². The van der Waals surface area contributed by atoms with Gasteiger partial charge in [-0.25, -0.2) is 0 Å². The molecule has 106 valence electrons. The zero-order valence-corrected chi connectivity index (χ0v) is 12.5. The van der Waals surface area contributed by atoms with Crippen molar-refractivity contribution in [2.45, 2.75) is 46.1 Å². The van der Waals surface area contributed by atoms with Crippen molar-refractivity contribution < 1.29 is 4.74 Å². The van der Waals surface area contributed by atoms with Crippen molar-refractivity contribution in [2.75, 3.05) is 13.2 Å². The van der Waals surface area contributed by atoms with Crippen molar-refractivity contribution in [1.29, 1.82) is 0 Å². The Bertz CT molecular complexity index is 387. The second-order valence-electron chi connectivity index (χ2n) is 4.84. The Kier molecular flexibility index (Phi) is 7.27. The van der Waals surface area contributed by atoms with Gasteiger partial charge in [0.15, 0.2) is 0 Å². The number of nitrogens with one attached hydrogen (secondary N) is 1. The molecule has 0 saturated carbocycles. The highest BCUT2D eigenvalue weighted by molar-refractivity contribution is 5.31. The third-order valence-corrected chi connectivity index (χ3v) is 3.18. The van der Waals surface area contributed by atoms with Crippen molar-refractivity contribution in [3.05, 3.63) is 42.0 Å². The molecule has 1 atom stereocenters. The summed E-state index contributed by atoms with van der Waals surface area (Å²) in [4.78, 5) is 0. The molecule has 0 fully saturated rings. The summed E-state index contributed by atoms with van der Waals surface area (Å²) >= 11 is 0. The lowest BCUT2D eigenvalue weighted by Crippen LogP contribution is -2.21. The summed E-state index contributed by atoms with van der Waals surface area (Å²) in [7, 11) is 0. The first kappa shape index (κ1) is 15.8. The average molecular weight is 261 g/mol. The number of rotatable bonds is 9. The van der Waals surface area contributed by atoms with E-state index < -0.39 is 0 Å².